The van der Waals surface area contributed by atoms with Crippen LogP contribution in [0.1, 0.15) is 71.6 Å². The molecule has 0 aliphatic carbocycles. The van der Waals surface area contributed by atoms with E-state index in [-0.39, 0.29) is 148 Å². The van der Waals surface area contributed by atoms with E-state index in [4.69, 9.17) is 0 Å². The number of para-hydroxylation sites is 2. The highest BCUT2D eigenvalue weighted by Crippen LogP contribution is 2.31. The van der Waals surface area contributed by atoms with E-state index in [0.717, 1.165) is 24.5 Å². The van der Waals surface area contributed by atoms with Crippen molar-refractivity contribution in [1.29, 1.82) is 0 Å². The number of benzene rings is 2. The Labute approximate surface area is 470 Å². The molecule has 2 atom stereocenters. The summed E-state index contributed by atoms with van der Waals surface area (Å²) in [6.07, 6.45) is -5.44. The van der Waals surface area contributed by atoms with Crippen molar-refractivity contribution >= 4 is 81.9 Å². The van der Waals surface area contributed by atoms with E-state index in [1.165, 1.54) is 0 Å². The third kappa shape index (κ3) is 17.5. The number of nitrogens with zero attached hydrogens (tertiary/aromatic N) is 8. The highest BCUT2D eigenvalue weighted by atomic mass is 16.4. The van der Waals surface area contributed by atoms with Crippen molar-refractivity contribution in [3.8, 4) is 0 Å². The minimum absolute atomic E-state index is 0.00614. The second-order valence-corrected chi connectivity index (χ2v) is 20.2. The van der Waals surface area contributed by atoms with Gasteiger partial charge in [-0.15, -0.1) is 0 Å². The van der Waals surface area contributed by atoms with Gasteiger partial charge in [0.1, 0.15) is 11.4 Å². The molecule has 0 saturated carbocycles. The molecule has 82 heavy (non-hydrogen) atoms. The van der Waals surface area contributed by atoms with Crippen LogP contribution in [0, 0.1) is 0 Å². The largest absolute Gasteiger partial charge is 0.480 e. The first kappa shape index (κ1) is 62.3. The van der Waals surface area contributed by atoms with Gasteiger partial charge in [-0.05, 0) is 69.3 Å². The fraction of sp³-hybridized carbons (Fsp3) is 0.500. The lowest BCUT2D eigenvalue weighted by atomic mass is 9.98. The van der Waals surface area contributed by atoms with Gasteiger partial charge in [-0.1, -0.05) is 36.4 Å². The van der Waals surface area contributed by atoms with E-state index < -0.39 is 72.1 Å². The second kappa shape index (κ2) is 29.5. The van der Waals surface area contributed by atoms with Crippen LogP contribution in [0.2, 0.25) is 0 Å². The Morgan fingerprint density at radius 3 is 1.23 bits per heavy atom. The summed E-state index contributed by atoms with van der Waals surface area (Å²) in [5.41, 5.74) is 11.9. The Balaban J connectivity index is 1.15. The topological polar surface area (TPSA) is 398 Å². The van der Waals surface area contributed by atoms with Gasteiger partial charge in [0.05, 0.1) is 19.6 Å². The van der Waals surface area contributed by atoms with Gasteiger partial charge in [0, 0.05) is 125 Å². The third-order valence-electron chi connectivity index (χ3n) is 14.5. The lowest BCUT2D eigenvalue weighted by Gasteiger charge is -2.33. The Kier molecular flexibility index (Phi) is 22.4. The fourth-order valence-electron chi connectivity index (χ4n) is 10.2. The van der Waals surface area contributed by atoms with Crippen molar-refractivity contribution < 1.29 is 78.6 Å². The molecule has 6 rings (SSSR count). The van der Waals surface area contributed by atoms with Crippen LogP contribution >= 0.6 is 0 Å². The molecule has 2 fully saturated rings. The average molecular weight is 1150 g/mol. The third-order valence-corrected chi connectivity index (χ3v) is 14.5. The molecule has 0 radical (unpaired) electrons. The number of carboxylic acid groups (broad SMARTS) is 6. The van der Waals surface area contributed by atoms with Crippen molar-refractivity contribution in [2.24, 2.45) is 0 Å². The molecule has 4 aromatic rings. The molecular weight excluding hydrogens is 1080 g/mol. The zero-order valence-corrected chi connectivity index (χ0v) is 45.7. The SMILES string of the molecule is CC1CN(C(=O)O)CCCN(C(=O)O)CCN(CC(=O)NNC(=O)c2[nH]c3ccccc3c2Cc2c(C(=O)NNC(=O)CN3CCCN(C(=O)O)CCN(C(=O)O)CCCN(C(=O)O)CC3C)[nH]c3ccccc23)CCCN1CC(=O)O. The number of hydrazine groups is 2. The normalized spacial score (nSPS) is 18.4. The number of aliphatic carboxylic acids is 1. The molecule has 2 aliphatic rings. The lowest BCUT2D eigenvalue weighted by molar-refractivity contribution is -0.139. The minimum Gasteiger partial charge on any atom is -0.480 e. The summed E-state index contributed by atoms with van der Waals surface area (Å²) < 4.78 is 0. The molecule has 2 aromatic heterocycles. The Hall–Kier alpha value is -8.90. The van der Waals surface area contributed by atoms with Crippen molar-refractivity contribution in [3.63, 3.8) is 0 Å². The zero-order chi connectivity index (χ0) is 59.6. The Morgan fingerprint density at radius 1 is 0.439 bits per heavy atom. The molecule has 446 valence electrons. The first-order chi connectivity index (χ1) is 39.1. The number of carbonyl (C=O) groups excluding carboxylic acids is 4. The van der Waals surface area contributed by atoms with Gasteiger partial charge in [0.2, 0.25) is 0 Å². The van der Waals surface area contributed by atoms with Crippen LogP contribution in [0.15, 0.2) is 48.5 Å². The van der Waals surface area contributed by atoms with Gasteiger partial charge < -0.3 is 65.1 Å². The number of aromatic nitrogens is 2. The number of carboxylic acids is 1. The molecule has 0 bridgehead atoms. The van der Waals surface area contributed by atoms with Crippen LogP contribution in [0.25, 0.3) is 21.8 Å². The summed E-state index contributed by atoms with van der Waals surface area (Å²) in [6.45, 7) is 2.54. The molecule has 2 aliphatic heterocycles. The van der Waals surface area contributed by atoms with E-state index >= 15 is 0 Å². The number of amides is 9. The molecule has 2 unspecified atom stereocenters. The van der Waals surface area contributed by atoms with Crippen LogP contribution in [-0.4, -0.2) is 263 Å². The molecule has 12 N–H and O–H groups in total. The van der Waals surface area contributed by atoms with Gasteiger partial charge in [-0.25, -0.2) is 24.0 Å². The number of fused-ring (bicyclic) bond motifs is 2. The summed E-state index contributed by atoms with van der Waals surface area (Å²) in [5, 5.41) is 60.2. The van der Waals surface area contributed by atoms with Crippen molar-refractivity contribution in [2.75, 3.05) is 111 Å². The van der Waals surface area contributed by atoms with Gasteiger partial charge >= 0.3 is 36.4 Å². The number of nitrogens with one attached hydrogen (secondary N) is 6. The first-order valence-corrected chi connectivity index (χ1v) is 26.8. The lowest BCUT2D eigenvalue weighted by Crippen LogP contribution is -2.52. The quantitative estimate of drug-likeness (QED) is 0.101. The summed E-state index contributed by atoms with van der Waals surface area (Å²) in [6, 6.07) is 13.0. The average Bonchev–Trinajstić information content (AvgIpc) is 3.99. The summed E-state index contributed by atoms with van der Waals surface area (Å²) in [7, 11) is 0. The van der Waals surface area contributed by atoms with E-state index in [9.17, 15) is 78.6 Å². The van der Waals surface area contributed by atoms with Gasteiger partial charge in [0.15, 0.2) is 0 Å². The monoisotopic (exact) mass is 1150 g/mol. The molecule has 4 heterocycles. The maximum absolute atomic E-state index is 14.2. The molecule has 0 spiro atoms. The number of rotatable bonds is 10. The Morgan fingerprint density at radius 2 is 0.805 bits per heavy atom. The second-order valence-electron chi connectivity index (χ2n) is 20.2. The first-order valence-electron chi connectivity index (χ1n) is 26.8. The standard InChI is InChI=1S/C52H72N14O16/c1-33-28-65(51(79)80)22-10-18-62(50(77)78)26-25-61(49(75)76)16-8-20-63(33)31-42(68)56-58-47(72)45-38(36-12-4-6-14-40(36)54-45)27-37-35-11-3-5-13-39(35)53-44(37)46(71)57-55-41(67)30-59-15-7-19-64(32-43(69)70)34(2)29-66(52(81)82)21-9-17-60(24-23-59)48(73)74/h3-6,11-14,33-34,53-54H,7-10,15-32H2,1-2H3,(H,55,67)(H,56,68)(H,57,71)(H,58,72)(H,69,70)(H,73,74)(H,75,76)(H,77,78)(H,79,80)(H,81,82). The molecule has 30 heteroatoms. The number of aromatic amines is 2. The number of hydrogen-bond acceptors (Lipinski definition) is 13. The van der Waals surface area contributed by atoms with E-state index in [1.54, 1.807) is 77.1 Å². The van der Waals surface area contributed by atoms with Gasteiger partial charge in [0.25, 0.3) is 23.6 Å². The highest BCUT2D eigenvalue weighted by Gasteiger charge is 2.29. The van der Waals surface area contributed by atoms with Crippen LogP contribution in [-0.2, 0) is 20.8 Å². The minimum atomic E-state index is -1.26. The maximum Gasteiger partial charge on any atom is 0.407 e. The molecule has 9 amide bonds. The van der Waals surface area contributed by atoms with Gasteiger partial charge in [-0.2, -0.15) is 0 Å². The predicted octanol–water partition coefficient (Wildman–Crippen LogP) is 2.02. The van der Waals surface area contributed by atoms with Gasteiger partial charge in [-0.3, -0.25) is 60.4 Å². The molecule has 30 nitrogen and oxygen atoms in total. The van der Waals surface area contributed by atoms with E-state index in [1.807, 2.05) is 0 Å². The zero-order valence-electron chi connectivity index (χ0n) is 45.7. The van der Waals surface area contributed by atoms with Crippen LogP contribution in [0.4, 0.5) is 24.0 Å². The number of carbonyl (C=O) groups is 10. The highest BCUT2D eigenvalue weighted by molar-refractivity contribution is 6.05. The molecular formula is C52H72N14O16. The predicted molar refractivity (Wildman–Crippen MR) is 293 cm³/mol. The van der Waals surface area contributed by atoms with Crippen molar-refractivity contribution in [2.45, 2.75) is 58.0 Å². The fourth-order valence-corrected chi connectivity index (χ4v) is 10.2. The maximum atomic E-state index is 14.2. The summed E-state index contributed by atoms with van der Waals surface area (Å²) in [5.74, 6) is -3.97. The van der Waals surface area contributed by atoms with Crippen molar-refractivity contribution in [1.82, 2.24) is 70.9 Å². The number of hydrogen-bond donors (Lipinski definition) is 12. The molecule has 2 saturated heterocycles. The summed E-state index contributed by atoms with van der Waals surface area (Å²) >= 11 is 0. The number of H-pyrrole nitrogens is 2. The van der Waals surface area contributed by atoms with E-state index in [2.05, 4.69) is 31.7 Å². The van der Waals surface area contributed by atoms with Crippen LogP contribution in [0.3, 0.4) is 0 Å². The summed E-state index contributed by atoms with van der Waals surface area (Å²) in [4.78, 5) is 145. The smallest absolute Gasteiger partial charge is 0.407 e. The van der Waals surface area contributed by atoms with Crippen molar-refractivity contribution in [3.05, 3.63) is 71.0 Å². The van der Waals surface area contributed by atoms with Crippen LogP contribution in [0.5, 0.6) is 0 Å². The molecule has 2 aromatic carbocycles. The van der Waals surface area contributed by atoms with E-state index in [0.29, 0.717) is 39.4 Å². The van der Waals surface area contributed by atoms with Crippen LogP contribution < -0.4 is 21.7 Å². The Bertz CT molecular complexity index is 2950.